The average Bonchev–Trinajstić information content (AvgIpc) is 2.43. The maximum atomic E-state index is 11.8. The van der Waals surface area contributed by atoms with Crippen LogP contribution in [-0.4, -0.2) is 26.0 Å². The van der Waals surface area contributed by atoms with Gasteiger partial charge in [-0.05, 0) is 39.9 Å². The Balaban J connectivity index is 2.73. The van der Waals surface area contributed by atoms with E-state index < -0.39 is 13.9 Å². The van der Waals surface area contributed by atoms with Gasteiger partial charge in [0.25, 0.3) is 0 Å². The van der Waals surface area contributed by atoms with Crippen molar-refractivity contribution in [2.75, 3.05) is 0 Å². The fourth-order valence-corrected chi connectivity index (χ4v) is 4.05. The monoisotopic (exact) mass is 244 g/mol. The zero-order chi connectivity index (χ0) is 12.6. The van der Waals surface area contributed by atoms with Crippen molar-refractivity contribution in [2.24, 2.45) is 5.92 Å². The highest BCUT2D eigenvalue weighted by Gasteiger charge is 2.45. The lowest BCUT2D eigenvalue weighted by molar-refractivity contribution is -0.148. The van der Waals surface area contributed by atoms with E-state index in [1.54, 1.807) is 0 Å². The summed E-state index contributed by atoms with van der Waals surface area (Å²) >= 11 is 0. The fourth-order valence-electron chi connectivity index (χ4n) is 2.33. The number of esters is 1. The molecule has 0 radical (unpaired) electrons. The lowest BCUT2D eigenvalue weighted by Gasteiger charge is -2.35. The van der Waals surface area contributed by atoms with Gasteiger partial charge in [-0.3, -0.25) is 4.79 Å². The first-order valence-electron chi connectivity index (χ1n) is 6.06. The molecule has 0 spiro atoms. The second-order valence-electron chi connectivity index (χ2n) is 6.07. The van der Waals surface area contributed by atoms with E-state index in [-0.39, 0.29) is 18.0 Å². The molecule has 0 unspecified atom stereocenters. The van der Waals surface area contributed by atoms with Crippen LogP contribution in [0.4, 0.5) is 0 Å². The summed E-state index contributed by atoms with van der Waals surface area (Å²) in [5.41, 5.74) is -0.397. The van der Waals surface area contributed by atoms with Gasteiger partial charge in [0.05, 0.1) is 11.5 Å². The van der Waals surface area contributed by atoms with Gasteiger partial charge in [0.2, 0.25) is 0 Å². The van der Waals surface area contributed by atoms with Gasteiger partial charge in [-0.1, -0.05) is 6.92 Å². The van der Waals surface area contributed by atoms with Crippen LogP contribution in [0.25, 0.3) is 0 Å². The predicted molar refractivity (Wildman–Crippen MR) is 66.8 cm³/mol. The maximum Gasteiger partial charge on any atom is 0.312 e. The molecule has 4 heteroatoms. The van der Waals surface area contributed by atoms with Crippen molar-refractivity contribution in [1.29, 1.82) is 0 Å². The molecule has 0 bridgehead atoms. The molecule has 0 aromatic heterocycles. The molecule has 1 rings (SSSR count). The zero-order valence-corrected chi connectivity index (χ0v) is 12.3. The van der Waals surface area contributed by atoms with Crippen molar-refractivity contribution in [3.63, 3.8) is 0 Å². The van der Waals surface area contributed by atoms with E-state index in [1.165, 1.54) is 0 Å². The Morgan fingerprint density at radius 1 is 1.44 bits per heavy atom. The third kappa shape index (κ3) is 3.32. The quantitative estimate of drug-likeness (QED) is 0.563. The zero-order valence-electron chi connectivity index (χ0n) is 11.3. The van der Waals surface area contributed by atoms with Crippen LogP contribution in [0.5, 0.6) is 0 Å². The molecule has 0 aromatic carbocycles. The third-order valence-corrected chi connectivity index (χ3v) is 4.07. The Labute approximate surface area is 99.6 Å². The molecule has 0 saturated carbocycles. The van der Waals surface area contributed by atoms with Gasteiger partial charge >= 0.3 is 5.97 Å². The summed E-state index contributed by atoms with van der Waals surface area (Å²) in [6, 6.07) is 0. The molecule has 1 aliphatic heterocycles. The largest absolute Gasteiger partial charge is 0.462 e. The van der Waals surface area contributed by atoms with Gasteiger partial charge in [-0.15, -0.1) is 0 Å². The van der Waals surface area contributed by atoms with E-state index in [9.17, 15) is 4.79 Å². The smallest absolute Gasteiger partial charge is 0.312 e. The van der Waals surface area contributed by atoms with Crippen molar-refractivity contribution in [3.8, 4) is 0 Å². The molecule has 1 fully saturated rings. The molecule has 1 heterocycles. The van der Waals surface area contributed by atoms with E-state index in [4.69, 9.17) is 9.16 Å². The predicted octanol–water partition coefficient (Wildman–Crippen LogP) is 2.96. The van der Waals surface area contributed by atoms with Gasteiger partial charge in [-0.25, -0.2) is 0 Å². The summed E-state index contributed by atoms with van der Waals surface area (Å²) in [5, 5.41) is 0. The summed E-state index contributed by atoms with van der Waals surface area (Å²) in [7, 11) is -1.63. The number of carbonyl (C=O) groups is 1. The van der Waals surface area contributed by atoms with Crippen molar-refractivity contribution in [3.05, 3.63) is 0 Å². The van der Waals surface area contributed by atoms with Crippen molar-refractivity contribution in [1.82, 2.24) is 0 Å². The van der Waals surface area contributed by atoms with Gasteiger partial charge in [0.15, 0.2) is 8.32 Å². The van der Waals surface area contributed by atoms with Crippen LogP contribution in [0.2, 0.25) is 19.6 Å². The van der Waals surface area contributed by atoms with Gasteiger partial charge in [0, 0.05) is 6.42 Å². The van der Waals surface area contributed by atoms with Crippen molar-refractivity contribution >= 4 is 14.3 Å². The summed E-state index contributed by atoms with van der Waals surface area (Å²) in [6.45, 7) is 12.5. The van der Waals surface area contributed by atoms with E-state index in [0.717, 1.165) is 12.8 Å². The molecule has 1 aliphatic rings. The number of rotatable bonds is 4. The molecule has 3 nitrogen and oxygen atoms in total. The van der Waals surface area contributed by atoms with E-state index in [2.05, 4.69) is 19.6 Å². The van der Waals surface area contributed by atoms with Crippen LogP contribution >= 0.6 is 0 Å². The lowest BCUT2D eigenvalue weighted by Crippen LogP contribution is -2.45. The van der Waals surface area contributed by atoms with Crippen LogP contribution in [0, 0.1) is 5.92 Å². The second-order valence-corrected chi connectivity index (χ2v) is 10.5. The molecule has 0 aromatic rings. The Morgan fingerprint density at radius 2 is 2.00 bits per heavy atom. The first-order valence-corrected chi connectivity index (χ1v) is 9.47. The number of ether oxygens (including phenoxy) is 1. The lowest BCUT2D eigenvalue weighted by atomic mass is 9.88. The Hall–Kier alpha value is -0.353. The van der Waals surface area contributed by atoms with E-state index in [0.29, 0.717) is 0 Å². The van der Waals surface area contributed by atoms with Crippen LogP contribution in [0.3, 0.4) is 0 Å². The minimum absolute atomic E-state index is 0.0852. The molecular weight excluding hydrogens is 220 g/mol. The SMILES string of the molecule is CC[C@@H]1C[C@@H](C(C)(C)O[Si](C)(C)C)C(=O)O1. The molecule has 2 atom stereocenters. The normalized spacial score (nSPS) is 27.0. The average molecular weight is 244 g/mol. The van der Waals surface area contributed by atoms with Crippen molar-refractivity contribution in [2.45, 2.75) is 65.0 Å². The topological polar surface area (TPSA) is 35.5 Å². The first kappa shape index (κ1) is 13.7. The highest BCUT2D eigenvalue weighted by molar-refractivity contribution is 6.69. The van der Waals surface area contributed by atoms with E-state index in [1.807, 2.05) is 20.8 Å². The summed E-state index contributed by atoms with van der Waals surface area (Å²) in [4.78, 5) is 11.8. The van der Waals surface area contributed by atoms with Crippen LogP contribution in [0.15, 0.2) is 0 Å². The van der Waals surface area contributed by atoms with Crippen LogP contribution in [-0.2, 0) is 14.0 Å². The number of carbonyl (C=O) groups excluding carboxylic acids is 1. The van der Waals surface area contributed by atoms with Crippen LogP contribution < -0.4 is 0 Å². The molecular formula is C12H24O3Si. The van der Waals surface area contributed by atoms with Crippen LogP contribution in [0.1, 0.15) is 33.6 Å². The minimum atomic E-state index is -1.63. The summed E-state index contributed by atoms with van der Waals surface area (Å²) in [6.07, 6.45) is 1.78. The standard InChI is InChI=1S/C12H24O3Si/c1-7-9-8-10(11(13)14-9)12(2,3)15-16(4,5)6/h9-10H,7-8H2,1-6H3/t9-,10-/m1/s1. The second kappa shape index (κ2) is 4.49. The third-order valence-electron chi connectivity index (χ3n) is 2.93. The van der Waals surface area contributed by atoms with Gasteiger partial charge in [0.1, 0.15) is 6.10 Å². The minimum Gasteiger partial charge on any atom is -0.462 e. The Morgan fingerprint density at radius 3 is 2.38 bits per heavy atom. The van der Waals surface area contributed by atoms with Crippen molar-refractivity contribution < 1.29 is 14.0 Å². The molecule has 94 valence electrons. The number of cyclic esters (lactones) is 1. The molecule has 0 N–H and O–H groups in total. The molecule has 16 heavy (non-hydrogen) atoms. The summed E-state index contributed by atoms with van der Waals surface area (Å²) in [5.74, 6) is -0.195. The number of hydrogen-bond donors (Lipinski definition) is 0. The highest BCUT2D eigenvalue weighted by atomic mass is 28.4. The van der Waals surface area contributed by atoms with E-state index >= 15 is 0 Å². The molecule has 0 amide bonds. The number of hydrogen-bond acceptors (Lipinski definition) is 3. The maximum absolute atomic E-state index is 11.8. The fraction of sp³-hybridized carbons (Fsp3) is 0.917. The van der Waals surface area contributed by atoms with Gasteiger partial charge in [-0.2, -0.15) is 0 Å². The Kier molecular flexibility index (Phi) is 3.85. The summed E-state index contributed by atoms with van der Waals surface area (Å²) < 4.78 is 11.4. The molecule has 1 saturated heterocycles. The highest BCUT2D eigenvalue weighted by Crippen LogP contribution is 2.35. The van der Waals surface area contributed by atoms with Gasteiger partial charge < -0.3 is 9.16 Å². The first-order chi connectivity index (χ1) is 7.15. The molecule has 0 aliphatic carbocycles. The Bertz CT molecular complexity index is 268.